The van der Waals surface area contributed by atoms with E-state index in [2.05, 4.69) is 15.1 Å². The zero-order valence-electron chi connectivity index (χ0n) is 13.0. The fourth-order valence-corrected chi connectivity index (χ4v) is 2.96. The number of hydrogen-bond donors (Lipinski definition) is 1. The molecule has 0 saturated heterocycles. The molecule has 0 aliphatic carbocycles. The van der Waals surface area contributed by atoms with Crippen molar-refractivity contribution in [3.63, 3.8) is 0 Å². The Kier molecular flexibility index (Phi) is 3.61. The lowest BCUT2D eigenvalue weighted by molar-refractivity contribution is 0.0689. The molecule has 24 heavy (non-hydrogen) atoms. The van der Waals surface area contributed by atoms with Crippen LogP contribution in [0.3, 0.4) is 0 Å². The van der Waals surface area contributed by atoms with Crippen molar-refractivity contribution >= 4 is 17.5 Å². The van der Waals surface area contributed by atoms with E-state index in [0.29, 0.717) is 30.2 Å². The maximum Gasteiger partial charge on any atom is 0.292 e. The van der Waals surface area contributed by atoms with Crippen LogP contribution in [0.1, 0.15) is 27.6 Å². The smallest absolute Gasteiger partial charge is 0.292 e. The van der Waals surface area contributed by atoms with Gasteiger partial charge in [-0.05, 0) is 31.2 Å². The number of aryl methyl sites for hydroxylation is 1. The SMILES string of the molecule is Cc1cc(C(=O)N2CCc3nc(-c4ccc(Cl)cc4)[nH]c3C2)on1. The third kappa shape index (κ3) is 2.69. The predicted molar refractivity (Wildman–Crippen MR) is 88.7 cm³/mol. The Bertz CT molecular complexity index is 898. The van der Waals surface area contributed by atoms with Crippen molar-refractivity contribution < 1.29 is 9.32 Å². The number of imidazole rings is 1. The summed E-state index contributed by atoms with van der Waals surface area (Å²) in [6.45, 7) is 2.88. The number of nitrogens with zero attached hydrogens (tertiary/aromatic N) is 3. The number of hydrogen-bond acceptors (Lipinski definition) is 4. The van der Waals surface area contributed by atoms with Gasteiger partial charge in [0.15, 0.2) is 0 Å². The molecule has 0 saturated carbocycles. The van der Waals surface area contributed by atoms with Gasteiger partial charge in [-0.3, -0.25) is 4.79 Å². The molecular formula is C17H15ClN4O2. The van der Waals surface area contributed by atoms with Crippen LogP contribution in [0.15, 0.2) is 34.9 Å². The van der Waals surface area contributed by atoms with Gasteiger partial charge in [0, 0.05) is 29.6 Å². The lowest BCUT2D eigenvalue weighted by Crippen LogP contribution is -2.35. The summed E-state index contributed by atoms with van der Waals surface area (Å²) in [6.07, 6.45) is 0.707. The number of benzene rings is 1. The quantitative estimate of drug-likeness (QED) is 0.775. The molecular weight excluding hydrogens is 328 g/mol. The zero-order valence-corrected chi connectivity index (χ0v) is 13.8. The number of H-pyrrole nitrogens is 1. The topological polar surface area (TPSA) is 75.0 Å². The summed E-state index contributed by atoms with van der Waals surface area (Å²) in [4.78, 5) is 22.2. The van der Waals surface area contributed by atoms with Crippen molar-refractivity contribution in [2.24, 2.45) is 0 Å². The molecule has 0 atom stereocenters. The van der Waals surface area contributed by atoms with Crippen molar-refractivity contribution in [3.05, 3.63) is 58.2 Å². The Morgan fingerprint density at radius 1 is 1.33 bits per heavy atom. The molecule has 1 aliphatic heterocycles. The number of carbonyl (C=O) groups excluding carboxylic acids is 1. The van der Waals surface area contributed by atoms with Crippen LogP contribution in [-0.4, -0.2) is 32.5 Å². The Morgan fingerprint density at radius 3 is 2.83 bits per heavy atom. The number of rotatable bonds is 2. The van der Waals surface area contributed by atoms with Crippen LogP contribution in [-0.2, 0) is 13.0 Å². The largest absolute Gasteiger partial charge is 0.351 e. The minimum atomic E-state index is -0.149. The number of amides is 1. The second kappa shape index (κ2) is 5.79. The van der Waals surface area contributed by atoms with Crippen molar-refractivity contribution in [2.45, 2.75) is 19.9 Å². The van der Waals surface area contributed by atoms with E-state index in [1.165, 1.54) is 0 Å². The van der Waals surface area contributed by atoms with Crippen LogP contribution in [0, 0.1) is 6.92 Å². The average molecular weight is 343 g/mol. The summed E-state index contributed by atoms with van der Waals surface area (Å²) in [7, 11) is 0. The summed E-state index contributed by atoms with van der Waals surface area (Å²) in [5, 5.41) is 4.46. The molecule has 1 aromatic carbocycles. The van der Waals surface area contributed by atoms with Crippen molar-refractivity contribution in [1.29, 1.82) is 0 Å². The van der Waals surface area contributed by atoms with Gasteiger partial charge in [-0.1, -0.05) is 16.8 Å². The van der Waals surface area contributed by atoms with Gasteiger partial charge in [0.2, 0.25) is 5.76 Å². The molecule has 0 bridgehead atoms. The highest BCUT2D eigenvalue weighted by Crippen LogP contribution is 2.24. The lowest BCUT2D eigenvalue weighted by atomic mass is 10.1. The van der Waals surface area contributed by atoms with Crippen LogP contribution < -0.4 is 0 Å². The first kappa shape index (κ1) is 15.0. The van der Waals surface area contributed by atoms with E-state index < -0.39 is 0 Å². The van der Waals surface area contributed by atoms with Crippen LogP contribution in [0.5, 0.6) is 0 Å². The van der Waals surface area contributed by atoms with Gasteiger partial charge >= 0.3 is 0 Å². The number of aromatic amines is 1. The summed E-state index contributed by atoms with van der Waals surface area (Å²) in [5.41, 5.74) is 3.62. The third-order valence-corrected chi connectivity index (χ3v) is 4.33. The molecule has 0 spiro atoms. The molecule has 1 N–H and O–H groups in total. The van der Waals surface area contributed by atoms with Crippen molar-refractivity contribution in [2.75, 3.05) is 6.54 Å². The Hall–Kier alpha value is -2.60. The maximum absolute atomic E-state index is 12.5. The highest BCUT2D eigenvalue weighted by Gasteiger charge is 2.26. The molecule has 1 amide bonds. The van der Waals surface area contributed by atoms with Gasteiger partial charge in [-0.2, -0.15) is 0 Å². The number of halogens is 1. The summed E-state index contributed by atoms with van der Waals surface area (Å²) in [6, 6.07) is 9.17. The molecule has 6 nitrogen and oxygen atoms in total. The van der Waals surface area contributed by atoms with Crippen LogP contribution in [0.25, 0.3) is 11.4 Å². The molecule has 3 aromatic rings. The van der Waals surface area contributed by atoms with Gasteiger partial charge in [-0.15, -0.1) is 0 Å². The average Bonchev–Trinajstić information content (AvgIpc) is 3.20. The first-order chi connectivity index (χ1) is 11.6. The molecule has 0 radical (unpaired) electrons. The van der Waals surface area contributed by atoms with Gasteiger partial charge in [-0.25, -0.2) is 4.98 Å². The fraction of sp³-hybridized carbons (Fsp3) is 0.235. The maximum atomic E-state index is 12.5. The summed E-state index contributed by atoms with van der Waals surface area (Å²) >= 11 is 5.93. The van der Waals surface area contributed by atoms with Gasteiger partial charge in [0.05, 0.1) is 23.6 Å². The minimum absolute atomic E-state index is 0.149. The molecule has 122 valence electrons. The second-order valence-electron chi connectivity index (χ2n) is 5.83. The number of fused-ring (bicyclic) bond motifs is 1. The Labute approximate surface area is 143 Å². The van der Waals surface area contributed by atoms with E-state index in [1.807, 2.05) is 24.3 Å². The highest BCUT2D eigenvalue weighted by atomic mass is 35.5. The molecule has 4 rings (SSSR count). The fourth-order valence-electron chi connectivity index (χ4n) is 2.83. The predicted octanol–water partition coefficient (Wildman–Crippen LogP) is 3.23. The molecule has 0 fully saturated rings. The van der Waals surface area contributed by atoms with E-state index in [0.717, 1.165) is 22.8 Å². The first-order valence-electron chi connectivity index (χ1n) is 7.66. The van der Waals surface area contributed by atoms with Gasteiger partial charge in [0.25, 0.3) is 5.91 Å². The molecule has 3 heterocycles. The van der Waals surface area contributed by atoms with E-state index in [1.54, 1.807) is 17.9 Å². The lowest BCUT2D eigenvalue weighted by Gasteiger charge is -2.24. The molecule has 0 unspecified atom stereocenters. The third-order valence-electron chi connectivity index (χ3n) is 4.08. The first-order valence-corrected chi connectivity index (χ1v) is 8.04. The Balaban J connectivity index is 1.57. The van der Waals surface area contributed by atoms with Gasteiger partial charge < -0.3 is 14.4 Å². The van der Waals surface area contributed by atoms with E-state index in [-0.39, 0.29) is 11.7 Å². The van der Waals surface area contributed by atoms with Crippen LogP contribution >= 0.6 is 11.6 Å². The van der Waals surface area contributed by atoms with Crippen LogP contribution in [0.4, 0.5) is 0 Å². The molecule has 7 heteroatoms. The summed E-state index contributed by atoms with van der Waals surface area (Å²) < 4.78 is 5.07. The van der Waals surface area contributed by atoms with E-state index >= 15 is 0 Å². The minimum Gasteiger partial charge on any atom is -0.351 e. The Morgan fingerprint density at radius 2 is 2.12 bits per heavy atom. The van der Waals surface area contributed by atoms with Gasteiger partial charge in [0.1, 0.15) is 5.82 Å². The number of carbonyl (C=O) groups is 1. The highest BCUT2D eigenvalue weighted by molar-refractivity contribution is 6.30. The standard InChI is InChI=1S/C17H15ClN4O2/c1-10-8-15(24-21-10)17(23)22-7-6-13-14(9-22)20-16(19-13)11-2-4-12(18)5-3-11/h2-5,8H,6-7,9H2,1H3,(H,19,20). The molecule has 2 aromatic heterocycles. The zero-order chi connectivity index (χ0) is 16.7. The van der Waals surface area contributed by atoms with E-state index in [4.69, 9.17) is 16.1 Å². The molecule has 1 aliphatic rings. The number of nitrogens with one attached hydrogen (secondary N) is 1. The monoisotopic (exact) mass is 342 g/mol. The summed E-state index contributed by atoms with van der Waals surface area (Å²) in [5.74, 6) is 0.916. The number of aromatic nitrogens is 3. The second-order valence-corrected chi connectivity index (χ2v) is 6.26. The van der Waals surface area contributed by atoms with E-state index in [9.17, 15) is 4.79 Å². The van der Waals surface area contributed by atoms with Crippen molar-refractivity contribution in [1.82, 2.24) is 20.0 Å². The van der Waals surface area contributed by atoms with Crippen LogP contribution in [0.2, 0.25) is 5.02 Å². The van der Waals surface area contributed by atoms with Crippen molar-refractivity contribution in [3.8, 4) is 11.4 Å². The normalized spacial score (nSPS) is 13.8.